The van der Waals surface area contributed by atoms with E-state index in [0.29, 0.717) is 12.0 Å². The van der Waals surface area contributed by atoms with Crippen LogP contribution in [0.15, 0.2) is 40.9 Å². The van der Waals surface area contributed by atoms with Gasteiger partial charge in [0.05, 0.1) is 10.6 Å². The lowest BCUT2D eigenvalue weighted by molar-refractivity contribution is -0.114. The highest BCUT2D eigenvalue weighted by Crippen LogP contribution is 2.38. The van der Waals surface area contributed by atoms with Crippen molar-refractivity contribution in [2.45, 2.75) is 6.42 Å². The maximum atomic E-state index is 12.9. The standard InChI is InChI=1S/C13H13FN2OS/c1-16-13-10(12(15)17)6-7-11(18-13)8-2-4-9(14)5-3-8/h2-5,7,16H,6H2,1H3,(H2,15,17). The SMILES string of the molecule is CNC1=C(C(N)=O)CC=C(c2ccc(F)cc2)S1. The molecule has 0 unspecified atom stereocenters. The van der Waals surface area contributed by atoms with Gasteiger partial charge < -0.3 is 11.1 Å². The van der Waals surface area contributed by atoms with E-state index in [4.69, 9.17) is 5.73 Å². The molecular weight excluding hydrogens is 251 g/mol. The van der Waals surface area contributed by atoms with Gasteiger partial charge in [-0.2, -0.15) is 0 Å². The van der Waals surface area contributed by atoms with E-state index in [9.17, 15) is 9.18 Å². The average molecular weight is 264 g/mol. The third kappa shape index (κ3) is 2.56. The molecule has 1 aromatic rings. The number of amides is 1. The number of nitrogens with two attached hydrogens (primary N) is 1. The quantitative estimate of drug-likeness (QED) is 0.880. The highest BCUT2D eigenvalue weighted by molar-refractivity contribution is 8.11. The van der Waals surface area contributed by atoms with Crippen LogP contribution in [0.4, 0.5) is 4.39 Å². The molecule has 3 nitrogen and oxygen atoms in total. The van der Waals surface area contributed by atoms with Crippen LogP contribution in [0.5, 0.6) is 0 Å². The number of nitrogens with one attached hydrogen (secondary N) is 1. The summed E-state index contributed by atoms with van der Waals surface area (Å²) in [7, 11) is 1.75. The van der Waals surface area contributed by atoms with Crippen molar-refractivity contribution in [2.24, 2.45) is 5.73 Å². The molecule has 0 spiro atoms. The van der Waals surface area contributed by atoms with Crippen LogP contribution in [-0.4, -0.2) is 13.0 Å². The Morgan fingerprint density at radius 3 is 2.61 bits per heavy atom. The zero-order valence-corrected chi connectivity index (χ0v) is 10.7. The van der Waals surface area contributed by atoms with Gasteiger partial charge in [-0.05, 0) is 24.1 Å². The van der Waals surface area contributed by atoms with Crippen molar-refractivity contribution in [3.05, 3.63) is 52.3 Å². The number of halogens is 1. The molecule has 0 radical (unpaired) electrons. The van der Waals surface area contributed by atoms with Crippen LogP contribution in [-0.2, 0) is 4.79 Å². The van der Waals surface area contributed by atoms with Gasteiger partial charge in [0.1, 0.15) is 5.82 Å². The second-order valence-corrected chi connectivity index (χ2v) is 4.86. The van der Waals surface area contributed by atoms with E-state index in [1.165, 1.54) is 23.9 Å². The van der Waals surface area contributed by atoms with Crippen LogP contribution in [0.2, 0.25) is 0 Å². The molecule has 1 heterocycles. The first-order valence-electron chi connectivity index (χ1n) is 5.46. The molecule has 5 heteroatoms. The lowest BCUT2D eigenvalue weighted by atomic mass is 10.1. The Balaban J connectivity index is 2.25. The van der Waals surface area contributed by atoms with E-state index in [-0.39, 0.29) is 5.82 Å². The maximum absolute atomic E-state index is 12.9. The van der Waals surface area contributed by atoms with Gasteiger partial charge in [0, 0.05) is 12.0 Å². The third-order valence-electron chi connectivity index (χ3n) is 2.63. The van der Waals surface area contributed by atoms with E-state index >= 15 is 0 Å². The molecule has 0 fully saturated rings. The lowest BCUT2D eigenvalue weighted by Gasteiger charge is -2.18. The van der Waals surface area contributed by atoms with E-state index in [1.807, 2.05) is 6.08 Å². The monoisotopic (exact) mass is 264 g/mol. The molecule has 0 saturated heterocycles. The van der Waals surface area contributed by atoms with Crippen LogP contribution in [0, 0.1) is 5.82 Å². The zero-order chi connectivity index (χ0) is 13.1. The normalized spacial score (nSPS) is 15.3. The molecule has 0 aromatic heterocycles. The first-order chi connectivity index (χ1) is 8.61. The van der Waals surface area contributed by atoms with Gasteiger partial charge in [-0.3, -0.25) is 4.79 Å². The fourth-order valence-electron chi connectivity index (χ4n) is 1.71. The predicted octanol–water partition coefficient (Wildman–Crippen LogP) is 2.22. The van der Waals surface area contributed by atoms with Gasteiger partial charge in [-0.25, -0.2) is 4.39 Å². The molecule has 3 N–H and O–H groups in total. The molecule has 2 rings (SSSR count). The number of primary amides is 1. The Kier molecular flexibility index (Phi) is 3.72. The van der Waals surface area contributed by atoms with Crippen molar-refractivity contribution >= 4 is 22.6 Å². The Morgan fingerprint density at radius 2 is 2.06 bits per heavy atom. The van der Waals surface area contributed by atoms with Gasteiger partial charge in [0.2, 0.25) is 5.91 Å². The van der Waals surface area contributed by atoms with Crippen LogP contribution in [0.3, 0.4) is 0 Å². The smallest absolute Gasteiger partial charge is 0.247 e. The van der Waals surface area contributed by atoms with Gasteiger partial charge in [0.25, 0.3) is 0 Å². The molecule has 0 bridgehead atoms. The summed E-state index contributed by atoms with van der Waals surface area (Å²) in [6.45, 7) is 0. The molecule has 1 amide bonds. The minimum atomic E-state index is -0.416. The van der Waals surface area contributed by atoms with E-state index in [2.05, 4.69) is 5.32 Å². The zero-order valence-electron chi connectivity index (χ0n) is 9.87. The van der Waals surface area contributed by atoms with Gasteiger partial charge in [0.15, 0.2) is 0 Å². The van der Waals surface area contributed by atoms with E-state index < -0.39 is 5.91 Å². The highest BCUT2D eigenvalue weighted by Gasteiger charge is 2.18. The average Bonchev–Trinajstić information content (AvgIpc) is 2.38. The summed E-state index contributed by atoms with van der Waals surface area (Å²) in [5.74, 6) is -0.677. The number of hydrogen-bond acceptors (Lipinski definition) is 3. The van der Waals surface area contributed by atoms with Crippen molar-refractivity contribution < 1.29 is 9.18 Å². The predicted molar refractivity (Wildman–Crippen MR) is 71.9 cm³/mol. The van der Waals surface area contributed by atoms with Crippen molar-refractivity contribution in [3.8, 4) is 0 Å². The van der Waals surface area contributed by atoms with Crippen molar-refractivity contribution in [1.82, 2.24) is 5.32 Å². The maximum Gasteiger partial charge on any atom is 0.247 e. The molecule has 1 aliphatic heterocycles. The second kappa shape index (κ2) is 5.27. The molecule has 94 valence electrons. The molecule has 1 aliphatic rings. The number of benzene rings is 1. The van der Waals surface area contributed by atoms with Crippen LogP contribution >= 0.6 is 11.8 Å². The molecular formula is C13H13FN2OS. The fraction of sp³-hybridized carbons (Fsp3) is 0.154. The third-order valence-corrected chi connectivity index (χ3v) is 3.91. The van der Waals surface area contributed by atoms with Gasteiger partial charge >= 0.3 is 0 Å². The van der Waals surface area contributed by atoms with E-state index in [1.54, 1.807) is 19.2 Å². The van der Waals surface area contributed by atoms with Crippen LogP contribution < -0.4 is 11.1 Å². The Labute approximate surface area is 109 Å². The minimum Gasteiger partial charge on any atom is -0.382 e. The van der Waals surface area contributed by atoms with Crippen LogP contribution in [0.1, 0.15) is 12.0 Å². The van der Waals surface area contributed by atoms with Crippen molar-refractivity contribution in [3.63, 3.8) is 0 Å². The Morgan fingerprint density at radius 1 is 1.39 bits per heavy atom. The second-order valence-electron chi connectivity index (χ2n) is 3.80. The first kappa shape index (κ1) is 12.7. The first-order valence-corrected chi connectivity index (χ1v) is 6.28. The molecule has 0 saturated carbocycles. The number of thioether (sulfide) groups is 1. The topological polar surface area (TPSA) is 55.1 Å². The van der Waals surface area contributed by atoms with Gasteiger partial charge in [-0.15, -0.1) is 0 Å². The van der Waals surface area contributed by atoms with Gasteiger partial charge in [-0.1, -0.05) is 30.0 Å². The summed E-state index contributed by atoms with van der Waals surface area (Å²) in [6.07, 6.45) is 2.42. The Bertz CT molecular complexity index is 534. The largest absolute Gasteiger partial charge is 0.382 e. The number of allylic oxidation sites excluding steroid dienone is 1. The molecule has 18 heavy (non-hydrogen) atoms. The lowest BCUT2D eigenvalue weighted by Crippen LogP contribution is -2.20. The fourth-order valence-corrected chi connectivity index (χ4v) is 2.76. The van der Waals surface area contributed by atoms with E-state index in [0.717, 1.165) is 15.5 Å². The Hall–Kier alpha value is -1.75. The number of carbonyl (C=O) groups is 1. The summed E-state index contributed by atoms with van der Waals surface area (Å²) >= 11 is 1.43. The summed E-state index contributed by atoms with van der Waals surface area (Å²) in [5.41, 5.74) is 6.81. The molecule has 1 aromatic carbocycles. The number of hydrogen-bond donors (Lipinski definition) is 2. The summed E-state index contributed by atoms with van der Waals surface area (Å²) < 4.78 is 12.9. The minimum absolute atomic E-state index is 0.262. The van der Waals surface area contributed by atoms with Crippen molar-refractivity contribution in [2.75, 3.05) is 7.05 Å². The number of rotatable bonds is 3. The number of carbonyl (C=O) groups excluding carboxylic acids is 1. The molecule has 0 atom stereocenters. The molecule has 0 aliphatic carbocycles. The van der Waals surface area contributed by atoms with Crippen LogP contribution in [0.25, 0.3) is 4.91 Å². The summed E-state index contributed by atoms with van der Waals surface area (Å²) in [4.78, 5) is 12.2. The summed E-state index contributed by atoms with van der Waals surface area (Å²) in [5, 5.41) is 3.73. The van der Waals surface area contributed by atoms with Crippen molar-refractivity contribution in [1.29, 1.82) is 0 Å². The summed E-state index contributed by atoms with van der Waals surface area (Å²) in [6, 6.07) is 6.28. The highest BCUT2D eigenvalue weighted by atomic mass is 32.2.